The second-order valence-electron chi connectivity index (χ2n) is 4.96. The highest BCUT2D eigenvalue weighted by atomic mass is 79.9. The Kier molecular flexibility index (Phi) is 5.37. The van der Waals surface area contributed by atoms with E-state index in [1.165, 1.54) is 6.07 Å². The Labute approximate surface area is 152 Å². The van der Waals surface area contributed by atoms with E-state index in [2.05, 4.69) is 31.9 Å². The highest BCUT2D eigenvalue weighted by molar-refractivity contribution is 9.10. The van der Waals surface area contributed by atoms with E-state index in [4.69, 9.17) is 0 Å². The number of sulfonamides is 2. The van der Waals surface area contributed by atoms with Gasteiger partial charge in [0.25, 0.3) is 10.0 Å². The fraction of sp³-hybridized carbons (Fsp3) is 0.143. The van der Waals surface area contributed by atoms with E-state index in [1.54, 1.807) is 28.4 Å². The Morgan fingerprint density at radius 2 is 1.39 bits per heavy atom. The predicted octanol–water partition coefficient (Wildman–Crippen LogP) is 3.42. The van der Waals surface area contributed by atoms with Gasteiger partial charge in [0.2, 0.25) is 10.0 Å². The van der Waals surface area contributed by atoms with Crippen LogP contribution in [0.3, 0.4) is 0 Å². The van der Waals surface area contributed by atoms with Crippen LogP contribution in [0.2, 0.25) is 0 Å². The monoisotopic (exact) mass is 481 g/mol. The summed E-state index contributed by atoms with van der Waals surface area (Å²) in [6.07, 6.45) is 0.799. The van der Waals surface area contributed by atoms with Crippen LogP contribution in [0.15, 0.2) is 50.2 Å². The van der Waals surface area contributed by atoms with Crippen molar-refractivity contribution in [3.8, 4) is 11.1 Å². The van der Waals surface area contributed by atoms with Crippen molar-refractivity contribution in [1.82, 2.24) is 4.13 Å². The summed E-state index contributed by atoms with van der Waals surface area (Å²) in [7, 11) is -8.15. The average molecular weight is 483 g/mol. The number of benzene rings is 2. The lowest BCUT2D eigenvalue weighted by Crippen LogP contribution is -2.29. The maximum absolute atomic E-state index is 12.5. The molecule has 0 atom stereocenters. The largest absolute Gasteiger partial charge is 0.254 e. The third kappa shape index (κ3) is 4.63. The SMILES string of the molecule is Cc1cc(Br)ccc1-c1ccc(Br)cc1S(=O)(=O)NS(C)(=O)=O. The number of rotatable bonds is 4. The van der Waals surface area contributed by atoms with Crippen molar-refractivity contribution in [2.24, 2.45) is 0 Å². The van der Waals surface area contributed by atoms with Gasteiger partial charge in [-0.15, -0.1) is 4.13 Å². The van der Waals surface area contributed by atoms with Crippen LogP contribution in [0.5, 0.6) is 0 Å². The average Bonchev–Trinajstić information content (AvgIpc) is 2.36. The van der Waals surface area contributed by atoms with Gasteiger partial charge in [-0.25, -0.2) is 16.8 Å². The summed E-state index contributed by atoms with van der Waals surface area (Å²) < 4.78 is 50.7. The molecular weight excluding hydrogens is 470 g/mol. The standard InChI is InChI=1S/C14H13Br2NO4S2/c1-9-7-10(15)3-5-12(9)13-6-4-11(16)8-14(13)23(20,21)17-22(2,18)19/h3-8,17H,1-2H3. The normalized spacial score (nSPS) is 12.3. The van der Waals surface area contributed by atoms with E-state index < -0.39 is 20.0 Å². The first-order valence-electron chi connectivity index (χ1n) is 6.29. The van der Waals surface area contributed by atoms with Crippen LogP contribution >= 0.6 is 31.9 Å². The topological polar surface area (TPSA) is 80.3 Å². The Bertz CT molecular complexity index is 970. The van der Waals surface area contributed by atoms with Gasteiger partial charge in [-0.3, -0.25) is 0 Å². The van der Waals surface area contributed by atoms with Crippen LogP contribution in [0, 0.1) is 6.92 Å². The molecule has 1 N–H and O–H groups in total. The second-order valence-corrected chi connectivity index (χ2v) is 10.4. The van der Waals surface area contributed by atoms with Crippen molar-refractivity contribution in [2.45, 2.75) is 11.8 Å². The van der Waals surface area contributed by atoms with Crippen molar-refractivity contribution in [3.63, 3.8) is 0 Å². The van der Waals surface area contributed by atoms with E-state index in [9.17, 15) is 16.8 Å². The van der Waals surface area contributed by atoms with Gasteiger partial charge >= 0.3 is 0 Å². The maximum atomic E-state index is 12.5. The maximum Gasteiger partial charge on any atom is 0.254 e. The Balaban J connectivity index is 2.72. The van der Waals surface area contributed by atoms with E-state index in [0.717, 1.165) is 16.3 Å². The molecule has 0 aliphatic heterocycles. The lowest BCUT2D eigenvalue weighted by atomic mass is 10.0. The summed E-state index contributed by atoms with van der Waals surface area (Å²) in [4.78, 5) is -0.109. The minimum Gasteiger partial charge on any atom is -0.212 e. The van der Waals surface area contributed by atoms with Gasteiger partial charge in [0, 0.05) is 14.5 Å². The zero-order valence-corrected chi connectivity index (χ0v) is 17.0. The highest BCUT2D eigenvalue weighted by Crippen LogP contribution is 2.33. The molecular formula is C14H13Br2NO4S2. The minimum absolute atomic E-state index is 0.109. The number of nitrogens with one attached hydrogen (secondary N) is 1. The molecule has 0 saturated carbocycles. The summed E-state index contributed by atoms with van der Waals surface area (Å²) in [6, 6.07) is 10.2. The number of hydrogen-bond donors (Lipinski definition) is 1. The molecule has 2 aromatic rings. The molecule has 0 aliphatic rings. The Morgan fingerprint density at radius 1 is 0.870 bits per heavy atom. The van der Waals surface area contributed by atoms with E-state index in [1.807, 2.05) is 13.0 Å². The highest BCUT2D eigenvalue weighted by Gasteiger charge is 2.24. The molecule has 0 radical (unpaired) electrons. The molecule has 23 heavy (non-hydrogen) atoms. The first-order valence-corrected chi connectivity index (χ1v) is 11.3. The predicted molar refractivity (Wildman–Crippen MR) is 97.2 cm³/mol. The van der Waals surface area contributed by atoms with Crippen LogP contribution in [0.4, 0.5) is 0 Å². The van der Waals surface area contributed by atoms with Crippen molar-refractivity contribution in [2.75, 3.05) is 6.26 Å². The molecule has 0 amide bonds. The summed E-state index contributed by atoms with van der Waals surface area (Å²) in [5, 5.41) is 0. The fourth-order valence-corrected chi connectivity index (χ4v) is 5.81. The van der Waals surface area contributed by atoms with Crippen LogP contribution in [-0.4, -0.2) is 23.1 Å². The van der Waals surface area contributed by atoms with E-state index in [0.29, 0.717) is 15.6 Å². The summed E-state index contributed by atoms with van der Waals surface area (Å²) in [5.41, 5.74) is 1.99. The number of hydrogen-bond acceptors (Lipinski definition) is 4. The quantitative estimate of drug-likeness (QED) is 0.723. The summed E-state index contributed by atoms with van der Waals surface area (Å²) in [6.45, 7) is 1.85. The molecule has 0 aromatic heterocycles. The smallest absolute Gasteiger partial charge is 0.212 e. The molecule has 9 heteroatoms. The first kappa shape index (κ1) is 18.6. The van der Waals surface area contributed by atoms with Crippen molar-refractivity contribution in [1.29, 1.82) is 0 Å². The molecule has 2 aromatic carbocycles. The Hall–Kier alpha value is -0.740. The van der Waals surface area contributed by atoms with Gasteiger partial charge in [0.1, 0.15) is 0 Å². The molecule has 0 unspecified atom stereocenters. The van der Waals surface area contributed by atoms with E-state index >= 15 is 0 Å². The molecule has 0 saturated heterocycles. The molecule has 0 bridgehead atoms. The van der Waals surface area contributed by atoms with Crippen molar-refractivity contribution in [3.05, 3.63) is 50.9 Å². The first-order chi connectivity index (χ1) is 10.5. The fourth-order valence-electron chi connectivity index (χ4n) is 2.11. The molecule has 5 nitrogen and oxygen atoms in total. The molecule has 0 spiro atoms. The van der Waals surface area contributed by atoms with Crippen molar-refractivity contribution >= 4 is 51.9 Å². The molecule has 2 rings (SSSR count). The van der Waals surface area contributed by atoms with Gasteiger partial charge in [0.05, 0.1) is 11.2 Å². The Morgan fingerprint density at radius 3 is 1.91 bits per heavy atom. The second kappa shape index (κ2) is 6.64. The molecule has 0 heterocycles. The van der Waals surface area contributed by atoms with Gasteiger partial charge in [-0.1, -0.05) is 44.0 Å². The lowest BCUT2D eigenvalue weighted by Gasteiger charge is -2.13. The molecule has 0 fully saturated rings. The number of aryl methyl sites for hydroxylation is 1. The summed E-state index contributed by atoms with van der Waals surface area (Å²) in [5.74, 6) is 0. The van der Waals surface area contributed by atoms with Crippen LogP contribution in [-0.2, 0) is 20.0 Å². The van der Waals surface area contributed by atoms with Crippen LogP contribution in [0.1, 0.15) is 5.56 Å². The van der Waals surface area contributed by atoms with Crippen molar-refractivity contribution < 1.29 is 16.8 Å². The summed E-state index contributed by atoms with van der Waals surface area (Å²) >= 11 is 6.58. The zero-order chi connectivity index (χ0) is 17.4. The van der Waals surface area contributed by atoms with Gasteiger partial charge < -0.3 is 0 Å². The molecule has 0 aliphatic carbocycles. The molecule has 124 valence electrons. The van der Waals surface area contributed by atoms with Crippen LogP contribution in [0.25, 0.3) is 11.1 Å². The minimum atomic E-state index is -4.23. The van der Waals surface area contributed by atoms with Gasteiger partial charge in [0.15, 0.2) is 0 Å². The third-order valence-corrected chi connectivity index (χ3v) is 6.96. The number of halogens is 2. The van der Waals surface area contributed by atoms with E-state index in [-0.39, 0.29) is 4.90 Å². The van der Waals surface area contributed by atoms with Gasteiger partial charge in [-0.2, -0.15) is 0 Å². The zero-order valence-electron chi connectivity index (χ0n) is 12.2. The van der Waals surface area contributed by atoms with Gasteiger partial charge in [-0.05, 0) is 42.3 Å². The van der Waals surface area contributed by atoms with Crippen LogP contribution < -0.4 is 4.13 Å². The lowest BCUT2D eigenvalue weighted by molar-refractivity contribution is 0.580. The third-order valence-electron chi connectivity index (χ3n) is 2.97.